The molecule has 0 aliphatic heterocycles. The number of nitrogens with one attached hydrogen (secondary N) is 3. The lowest BCUT2D eigenvalue weighted by Gasteiger charge is -2.12. The van der Waals surface area contributed by atoms with E-state index in [0.29, 0.717) is 23.0 Å². The van der Waals surface area contributed by atoms with Crippen molar-refractivity contribution in [1.82, 2.24) is 0 Å². The highest BCUT2D eigenvalue weighted by atomic mass is 19.1. The van der Waals surface area contributed by atoms with Crippen LogP contribution in [0.5, 0.6) is 0 Å². The van der Waals surface area contributed by atoms with E-state index in [0.717, 1.165) is 12.1 Å². The summed E-state index contributed by atoms with van der Waals surface area (Å²) >= 11 is 0. The molecule has 0 fully saturated rings. The van der Waals surface area contributed by atoms with Crippen LogP contribution in [0.4, 0.5) is 25.8 Å². The van der Waals surface area contributed by atoms with Crippen molar-refractivity contribution < 1.29 is 18.4 Å². The molecule has 0 saturated heterocycles. The number of anilines is 3. The molecule has 0 heterocycles. The van der Waals surface area contributed by atoms with Crippen LogP contribution in [0.3, 0.4) is 0 Å². The summed E-state index contributed by atoms with van der Waals surface area (Å²) in [7, 11) is 0. The number of amides is 2. The summed E-state index contributed by atoms with van der Waals surface area (Å²) in [5, 5.41) is 7.99. The molecule has 3 N–H and O–H groups in total. The van der Waals surface area contributed by atoms with Crippen molar-refractivity contribution in [1.29, 1.82) is 0 Å². The number of carbonyl (C=O) groups is 2. The summed E-state index contributed by atoms with van der Waals surface area (Å²) in [5.74, 6) is -2.47. The minimum Gasteiger partial charge on any atom is -0.376 e. The number of hydrogen-bond acceptors (Lipinski definition) is 3. The molecule has 3 aromatic carbocycles. The van der Waals surface area contributed by atoms with Crippen LogP contribution >= 0.6 is 0 Å². The lowest BCUT2D eigenvalue weighted by molar-refractivity contribution is -0.114. The molecular formula is C21H17F2N3O2. The normalized spacial score (nSPS) is 10.2. The molecule has 0 bridgehead atoms. The maximum atomic E-state index is 13.6. The summed E-state index contributed by atoms with van der Waals surface area (Å²) in [6.07, 6.45) is 0. The molecule has 5 nitrogen and oxygen atoms in total. The maximum absolute atomic E-state index is 13.6. The minimum absolute atomic E-state index is 0.122. The maximum Gasteiger partial charge on any atom is 0.257 e. The average Bonchev–Trinajstić information content (AvgIpc) is 2.69. The van der Waals surface area contributed by atoms with Crippen LogP contribution in [-0.4, -0.2) is 18.4 Å². The summed E-state index contributed by atoms with van der Waals surface area (Å²) in [4.78, 5) is 24.6. The Morgan fingerprint density at radius 1 is 0.786 bits per heavy atom. The van der Waals surface area contributed by atoms with Gasteiger partial charge < -0.3 is 16.0 Å². The predicted molar refractivity (Wildman–Crippen MR) is 104 cm³/mol. The van der Waals surface area contributed by atoms with E-state index < -0.39 is 17.5 Å². The average molecular weight is 381 g/mol. The molecule has 0 aromatic heterocycles. The third kappa shape index (κ3) is 4.91. The largest absolute Gasteiger partial charge is 0.376 e. The van der Waals surface area contributed by atoms with Gasteiger partial charge in [-0.25, -0.2) is 8.78 Å². The lowest BCUT2D eigenvalue weighted by atomic mass is 10.1. The second-order valence-electron chi connectivity index (χ2n) is 5.89. The highest BCUT2D eigenvalue weighted by molar-refractivity contribution is 6.08. The quantitative estimate of drug-likeness (QED) is 0.597. The number of carbonyl (C=O) groups excluding carboxylic acids is 2. The first-order valence-electron chi connectivity index (χ1n) is 8.47. The Morgan fingerprint density at radius 2 is 1.50 bits per heavy atom. The molecule has 3 rings (SSSR count). The number of para-hydroxylation sites is 2. The highest BCUT2D eigenvalue weighted by Crippen LogP contribution is 2.18. The smallest absolute Gasteiger partial charge is 0.257 e. The molecule has 2 amide bonds. The van der Waals surface area contributed by atoms with Crippen LogP contribution in [0.15, 0.2) is 72.8 Å². The fraction of sp³-hybridized carbons (Fsp3) is 0.0476. The first kappa shape index (κ1) is 19.0. The van der Waals surface area contributed by atoms with Crippen LogP contribution in [0.1, 0.15) is 10.4 Å². The summed E-state index contributed by atoms with van der Waals surface area (Å²) in [5.41, 5.74) is 1.33. The van der Waals surface area contributed by atoms with Crippen LogP contribution in [0.2, 0.25) is 0 Å². The van der Waals surface area contributed by atoms with Gasteiger partial charge in [0, 0.05) is 17.4 Å². The van der Waals surface area contributed by atoms with Gasteiger partial charge in [0.15, 0.2) is 0 Å². The zero-order valence-corrected chi connectivity index (χ0v) is 14.7. The third-order valence-electron chi connectivity index (χ3n) is 3.85. The van der Waals surface area contributed by atoms with E-state index in [4.69, 9.17) is 0 Å². The topological polar surface area (TPSA) is 70.2 Å². The zero-order valence-electron chi connectivity index (χ0n) is 14.7. The van der Waals surface area contributed by atoms with Crippen LogP contribution < -0.4 is 16.0 Å². The Kier molecular flexibility index (Phi) is 5.96. The van der Waals surface area contributed by atoms with E-state index in [1.54, 1.807) is 48.5 Å². The number of benzene rings is 3. The van der Waals surface area contributed by atoms with Crippen molar-refractivity contribution in [2.45, 2.75) is 0 Å². The van der Waals surface area contributed by atoms with Crippen molar-refractivity contribution >= 4 is 28.9 Å². The Bertz CT molecular complexity index is 994. The Hall–Kier alpha value is -3.74. The van der Waals surface area contributed by atoms with Crippen molar-refractivity contribution in [3.8, 4) is 0 Å². The second-order valence-corrected chi connectivity index (χ2v) is 5.89. The van der Waals surface area contributed by atoms with Crippen molar-refractivity contribution in [2.24, 2.45) is 0 Å². The molecule has 7 heteroatoms. The first-order chi connectivity index (χ1) is 13.5. The highest BCUT2D eigenvalue weighted by Gasteiger charge is 2.13. The van der Waals surface area contributed by atoms with Gasteiger partial charge in [0.05, 0.1) is 17.8 Å². The number of hydrogen-bond donors (Lipinski definition) is 3. The lowest BCUT2D eigenvalue weighted by Crippen LogP contribution is -2.23. The fourth-order valence-corrected chi connectivity index (χ4v) is 2.52. The fourth-order valence-electron chi connectivity index (χ4n) is 2.52. The Morgan fingerprint density at radius 3 is 2.25 bits per heavy atom. The molecule has 142 valence electrons. The molecule has 0 aliphatic carbocycles. The minimum atomic E-state index is -0.865. The van der Waals surface area contributed by atoms with E-state index in [1.165, 1.54) is 0 Å². The van der Waals surface area contributed by atoms with E-state index in [1.807, 2.05) is 6.07 Å². The molecule has 28 heavy (non-hydrogen) atoms. The van der Waals surface area contributed by atoms with Gasteiger partial charge >= 0.3 is 0 Å². The SMILES string of the molecule is O=C(CNc1ccccc1C(=O)Nc1ccccc1)Nc1ccc(F)cc1F. The van der Waals surface area contributed by atoms with E-state index in [2.05, 4.69) is 16.0 Å². The summed E-state index contributed by atoms with van der Waals surface area (Å²) < 4.78 is 26.6. The summed E-state index contributed by atoms with van der Waals surface area (Å²) in [6, 6.07) is 18.6. The first-order valence-corrected chi connectivity index (χ1v) is 8.47. The van der Waals surface area contributed by atoms with Gasteiger partial charge in [-0.2, -0.15) is 0 Å². The number of rotatable bonds is 6. The monoisotopic (exact) mass is 381 g/mol. The van der Waals surface area contributed by atoms with Crippen molar-refractivity contribution in [2.75, 3.05) is 22.5 Å². The summed E-state index contributed by atoms with van der Waals surface area (Å²) in [6.45, 7) is -0.202. The van der Waals surface area contributed by atoms with Crippen molar-refractivity contribution in [3.63, 3.8) is 0 Å². The molecule has 0 spiro atoms. The number of halogens is 2. The van der Waals surface area contributed by atoms with Gasteiger partial charge in [-0.1, -0.05) is 30.3 Å². The van der Waals surface area contributed by atoms with Gasteiger partial charge in [0.1, 0.15) is 11.6 Å². The zero-order chi connectivity index (χ0) is 19.9. The van der Waals surface area contributed by atoms with Crippen LogP contribution in [-0.2, 0) is 4.79 Å². The van der Waals surface area contributed by atoms with Gasteiger partial charge in [0.2, 0.25) is 5.91 Å². The molecule has 0 saturated carbocycles. The van der Waals surface area contributed by atoms with Gasteiger partial charge in [-0.15, -0.1) is 0 Å². The van der Waals surface area contributed by atoms with Crippen LogP contribution in [0.25, 0.3) is 0 Å². The molecule has 0 atom stereocenters. The second kappa shape index (κ2) is 8.77. The molecule has 0 unspecified atom stereocenters. The molecule has 3 aromatic rings. The standard InChI is InChI=1S/C21H17F2N3O2/c22-14-10-11-19(17(23)12-14)26-20(27)13-24-18-9-5-4-8-16(18)21(28)25-15-6-2-1-3-7-15/h1-12,24H,13H2,(H,25,28)(H,26,27). The Balaban J connectivity index is 1.64. The van der Waals surface area contributed by atoms with Gasteiger partial charge in [0.25, 0.3) is 5.91 Å². The molecular weight excluding hydrogens is 364 g/mol. The van der Waals surface area contributed by atoms with E-state index in [9.17, 15) is 18.4 Å². The van der Waals surface area contributed by atoms with Gasteiger partial charge in [-0.3, -0.25) is 9.59 Å². The third-order valence-corrected chi connectivity index (χ3v) is 3.85. The van der Waals surface area contributed by atoms with Gasteiger partial charge in [-0.05, 0) is 36.4 Å². The van der Waals surface area contributed by atoms with E-state index in [-0.39, 0.29) is 18.1 Å². The van der Waals surface area contributed by atoms with Crippen molar-refractivity contribution in [3.05, 3.63) is 90.0 Å². The Labute approximate surface area is 160 Å². The molecule has 0 aliphatic rings. The molecule has 0 radical (unpaired) electrons. The predicted octanol–water partition coefficient (Wildman–Crippen LogP) is 4.27. The van der Waals surface area contributed by atoms with Crippen LogP contribution in [0, 0.1) is 11.6 Å². The van der Waals surface area contributed by atoms with E-state index >= 15 is 0 Å².